The van der Waals surface area contributed by atoms with Gasteiger partial charge in [-0.15, -0.1) is 0 Å². The second-order valence-electron chi connectivity index (χ2n) is 7.14. The molecule has 2 heterocycles. The van der Waals surface area contributed by atoms with Gasteiger partial charge in [0.2, 0.25) is 5.76 Å². The van der Waals surface area contributed by atoms with E-state index < -0.39 is 6.04 Å². The van der Waals surface area contributed by atoms with E-state index in [9.17, 15) is 9.59 Å². The Labute approximate surface area is 175 Å². The molecule has 29 heavy (non-hydrogen) atoms. The zero-order valence-corrected chi connectivity index (χ0v) is 17.1. The SMILES string of the molecule is Cc1ccc(N2C(=O)c3oc4ccc(Br)cc4c(=O)c3C2c2ccccc2)cc1. The lowest BCUT2D eigenvalue weighted by Crippen LogP contribution is -2.29. The molecule has 0 aliphatic carbocycles. The van der Waals surface area contributed by atoms with Crippen molar-refractivity contribution in [3.05, 3.63) is 110 Å². The summed E-state index contributed by atoms with van der Waals surface area (Å²) in [7, 11) is 0. The van der Waals surface area contributed by atoms with Crippen LogP contribution in [-0.4, -0.2) is 5.91 Å². The molecule has 5 rings (SSSR count). The van der Waals surface area contributed by atoms with Gasteiger partial charge in [-0.2, -0.15) is 0 Å². The average molecular weight is 446 g/mol. The number of carbonyl (C=O) groups is 1. The van der Waals surface area contributed by atoms with Crippen molar-refractivity contribution < 1.29 is 9.21 Å². The average Bonchev–Trinajstić information content (AvgIpc) is 3.03. The number of fused-ring (bicyclic) bond motifs is 2. The van der Waals surface area contributed by atoms with Gasteiger partial charge in [0.25, 0.3) is 5.91 Å². The van der Waals surface area contributed by atoms with Crippen LogP contribution in [0.1, 0.15) is 33.3 Å². The lowest BCUT2D eigenvalue weighted by molar-refractivity contribution is 0.0971. The fraction of sp³-hybridized carbons (Fsp3) is 0.0833. The molecular weight excluding hydrogens is 430 g/mol. The maximum atomic E-state index is 13.5. The highest BCUT2D eigenvalue weighted by Gasteiger charge is 2.43. The molecule has 1 aliphatic rings. The van der Waals surface area contributed by atoms with Crippen LogP contribution in [0.4, 0.5) is 5.69 Å². The highest BCUT2D eigenvalue weighted by Crippen LogP contribution is 2.41. The van der Waals surface area contributed by atoms with Crippen molar-refractivity contribution in [2.45, 2.75) is 13.0 Å². The summed E-state index contributed by atoms with van der Waals surface area (Å²) in [4.78, 5) is 28.5. The summed E-state index contributed by atoms with van der Waals surface area (Å²) < 4.78 is 6.75. The van der Waals surface area contributed by atoms with Crippen LogP contribution in [0.3, 0.4) is 0 Å². The lowest BCUT2D eigenvalue weighted by Gasteiger charge is -2.25. The second kappa shape index (κ2) is 6.71. The van der Waals surface area contributed by atoms with Crippen LogP contribution in [0.5, 0.6) is 0 Å². The van der Waals surface area contributed by atoms with Crippen molar-refractivity contribution in [3.63, 3.8) is 0 Å². The van der Waals surface area contributed by atoms with E-state index in [1.807, 2.05) is 61.5 Å². The Morgan fingerprint density at radius 3 is 2.38 bits per heavy atom. The summed E-state index contributed by atoms with van der Waals surface area (Å²) in [6, 6.07) is 22.0. The quantitative estimate of drug-likeness (QED) is 0.402. The number of nitrogens with zero attached hydrogens (tertiary/aromatic N) is 1. The second-order valence-corrected chi connectivity index (χ2v) is 8.05. The van der Waals surface area contributed by atoms with Gasteiger partial charge in [0.05, 0.1) is 17.0 Å². The van der Waals surface area contributed by atoms with Gasteiger partial charge in [0.1, 0.15) is 5.58 Å². The van der Waals surface area contributed by atoms with Crippen molar-refractivity contribution in [2.24, 2.45) is 0 Å². The number of aryl methyl sites for hydroxylation is 1. The molecule has 4 aromatic rings. The van der Waals surface area contributed by atoms with Gasteiger partial charge in [-0.3, -0.25) is 14.5 Å². The van der Waals surface area contributed by atoms with Crippen LogP contribution >= 0.6 is 15.9 Å². The fourth-order valence-electron chi connectivity index (χ4n) is 3.87. The van der Waals surface area contributed by atoms with Gasteiger partial charge < -0.3 is 4.42 Å². The number of amides is 1. The lowest BCUT2D eigenvalue weighted by atomic mass is 9.98. The minimum atomic E-state index is -0.541. The highest BCUT2D eigenvalue weighted by molar-refractivity contribution is 9.10. The third kappa shape index (κ3) is 2.81. The number of hydrogen-bond donors (Lipinski definition) is 0. The van der Waals surface area contributed by atoms with Gasteiger partial charge in [0, 0.05) is 10.2 Å². The normalized spacial score (nSPS) is 15.7. The van der Waals surface area contributed by atoms with E-state index in [4.69, 9.17) is 4.42 Å². The largest absolute Gasteiger partial charge is 0.450 e. The van der Waals surface area contributed by atoms with Crippen molar-refractivity contribution in [2.75, 3.05) is 4.90 Å². The Kier molecular flexibility index (Phi) is 4.14. The van der Waals surface area contributed by atoms with Gasteiger partial charge in [0.15, 0.2) is 5.43 Å². The Morgan fingerprint density at radius 2 is 1.66 bits per heavy atom. The van der Waals surface area contributed by atoms with Crippen LogP contribution in [0, 0.1) is 6.92 Å². The number of halogens is 1. The zero-order chi connectivity index (χ0) is 20.1. The molecule has 4 nitrogen and oxygen atoms in total. The van der Waals surface area contributed by atoms with Crippen molar-refractivity contribution in [3.8, 4) is 0 Å². The van der Waals surface area contributed by atoms with Gasteiger partial charge in [-0.05, 0) is 42.8 Å². The summed E-state index contributed by atoms with van der Waals surface area (Å²) in [5.74, 6) is -0.195. The number of benzene rings is 3. The summed E-state index contributed by atoms with van der Waals surface area (Å²) in [5, 5.41) is 0.456. The Balaban J connectivity index is 1.82. The maximum absolute atomic E-state index is 13.5. The number of hydrogen-bond acceptors (Lipinski definition) is 3. The molecule has 5 heteroatoms. The number of rotatable bonds is 2. The molecule has 0 saturated heterocycles. The molecule has 1 atom stereocenters. The number of anilines is 1. The van der Waals surface area contributed by atoms with E-state index in [0.29, 0.717) is 16.5 Å². The number of carbonyl (C=O) groups excluding carboxylic acids is 1. The van der Waals surface area contributed by atoms with E-state index in [-0.39, 0.29) is 17.1 Å². The predicted molar refractivity (Wildman–Crippen MR) is 116 cm³/mol. The zero-order valence-electron chi connectivity index (χ0n) is 15.6. The molecule has 3 aromatic carbocycles. The minimum absolute atomic E-state index is 0.110. The van der Waals surface area contributed by atoms with Crippen LogP contribution in [-0.2, 0) is 0 Å². The first kappa shape index (κ1) is 17.9. The fourth-order valence-corrected chi connectivity index (χ4v) is 4.23. The first-order chi connectivity index (χ1) is 14.0. The van der Waals surface area contributed by atoms with Crippen LogP contribution in [0.25, 0.3) is 11.0 Å². The molecule has 1 amide bonds. The maximum Gasteiger partial charge on any atom is 0.295 e. The van der Waals surface area contributed by atoms with E-state index in [1.165, 1.54) is 0 Å². The van der Waals surface area contributed by atoms with Crippen molar-refractivity contribution in [1.29, 1.82) is 0 Å². The Bertz CT molecular complexity index is 1310. The summed E-state index contributed by atoms with van der Waals surface area (Å²) in [5.41, 5.74) is 3.29. The van der Waals surface area contributed by atoms with Crippen LogP contribution in [0.15, 0.2) is 86.5 Å². The Morgan fingerprint density at radius 1 is 0.931 bits per heavy atom. The standard InChI is InChI=1S/C24H16BrNO3/c1-14-7-10-17(11-8-14)26-21(15-5-3-2-4-6-15)20-22(27)18-13-16(25)9-12-19(18)29-23(20)24(26)28/h2-13,21H,1H3. The summed E-state index contributed by atoms with van der Waals surface area (Å²) >= 11 is 3.42. The first-order valence-corrected chi connectivity index (χ1v) is 10.1. The van der Waals surface area contributed by atoms with E-state index in [1.54, 1.807) is 23.1 Å². The van der Waals surface area contributed by atoms with E-state index >= 15 is 0 Å². The van der Waals surface area contributed by atoms with Crippen LogP contribution in [0.2, 0.25) is 0 Å². The molecule has 0 fully saturated rings. The molecule has 0 radical (unpaired) electrons. The smallest absolute Gasteiger partial charge is 0.295 e. The molecule has 1 aromatic heterocycles. The summed E-state index contributed by atoms with van der Waals surface area (Å²) in [6.45, 7) is 1.99. The molecule has 1 unspecified atom stereocenters. The molecule has 142 valence electrons. The third-order valence-corrected chi connectivity index (χ3v) is 5.75. The Hall–Kier alpha value is -3.18. The van der Waals surface area contributed by atoms with Gasteiger partial charge in [-0.25, -0.2) is 0 Å². The highest BCUT2D eigenvalue weighted by atomic mass is 79.9. The van der Waals surface area contributed by atoms with Gasteiger partial charge >= 0.3 is 0 Å². The van der Waals surface area contributed by atoms with Crippen LogP contribution < -0.4 is 10.3 Å². The van der Waals surface area contributed by atoms with Crippen molar-refractivity contribution in [1.82, 2.24) is 0 Å². The molecule has 1 aliphatic heterocycles. The predicted octanol–water partition coefficient (Wildman–Crippen LogP) is 5.61. The molecule has 0 spiro atoms. The monoisotopic (exact) mass is 445 g/mol. The molecule has 0 bridgehead atoms. The molecule has 0 N–H and O–H groups in total. The van der Waals surface area contributed by atoms with E-state index in [0.717, 1.165) is 21.3 Å². The topological polar surface area (TPSA) is 50.5 Å². The first-order valence-electron chi connectivity index (χ1n) is 9.26. The third-order valence-electron chi connectivity index (χ3n) is 5.26. The van der Waals surface area contributed by atoms with E-state index in [2.05, 4.69) is 15.9 Å². The van der Waals surface area contributed by atoms with Crippen molar-refractivity contribution >= 4 is 38.5 Å². The summed E-state index contributed by atoms with van der Waals surface area (Å²) in [6.07, 6.45) is 0. The molecule has 0 saturated carbocycles. The van der Waals surface area contributed by atoms with Gasteiger partial charge in [-0.1, -0.05) is 64.0 Å². The minimum Gasteiger partial charge on any atom is -0.450 e. The molecular formula is C24H16BrNO3.